The van der Waals surface area contributed by atoms with E-state index in [2.05, 4.69) is 15.9 Å². The lowest BCUT2D eigenvalue weighted by molar-refractivity contribution is -0.117. The van der Waals surface area contributed by atoms with Gasteiger partial charge in [-0.25, -0.2) is 0 Å². The SMILES string of the molecule is Nc1ccc(Br)cc1.O=C1C=C(N2CC2)C(=O)C(N2CC2)=C1N1CC1. The van der Waals surface area contributed by atoms with Crippen LogP contribution in [0.4, 0.5) is 5.69 Å². The van der Waals surface area contributed by atoms with E-state index in [-0.39, 0.29) is 11.6 Å². The number of carbonyl (C=O) groups excluding carboxylic acids is 2. The number of ketones is 2. The molecule has 130 valence electrons. The molecule has 0 amide bonds. The van der Waals surface area contributed by atoms with Gasteiger partial charge in [0.1, 0.15) is 11.4 Å². The maximum atomic E-state index is 12.4. The lowest BCUT2D eigenvalue weighted by Crippen LogP contribution is -2.29. The molecule has 0 bridgehead atoms. The quantitative estimate of drug-likeness (QED) is 0.465. The van der Waals surface area contributed by atoms with Gasteiger partial charge in [-0.2, -0.15) is 0 Å². The molecule has 6 nitrogen and oxygen atoms in total. The van der Waals surface area contributed by atoms with Gasteiger partial charge in [-0.05, 0) is 24.3 Å². The van der Waals surface area contributed by atoms with Gasteiger partial charge >= 0.3 is 0 Å². The van der Waals surface area contributed by atoms with Crippen molar-refractivity contribution in [2.75, 3.05) is 45.0 Å². The van der Waals surface area contributed by atoms with Gasteiger partial charge in [0.2, 0.25) is 11.6 Å². The summed E-state index contributed by atoms with van der Waals surface area (Å²) in [4.78, 5) is 30.5. The first-order valence-electron chi connectivity index (χ1n) is 8.35. The Morgan fingerprint density at radius 1 is 0.800 bits per heavy atom. The Labute approximate surface area is 154 Å². The molecular weight excluding hydrogens is 384 g/mol. The van der Waals surface area contributed by atoms with Crippen molar-refractivity contribution in [3.8, 4) is 0 Å². The molecule has 0 spiro atoms. The van der Waals surface area contributed by atoms with Crippen molar-refractivity contribution in [3.63, 3.8) is 0 Å². The molecule has 3 aliphatic heterocycles. The van der Waals surface area contributed by atoms with Gasteiger partial charge in [0.05, 0.1) is 5.70 Å². The fourth-order valence-electron chi connectivity index (χ4n) is 2.74. The Balaban J connectivity index is 0.000000166. The number of hydrogen-bond donors (Lipinski definition) is 1. The molecule has 2 N–H and O–H groups in total. The molecule has 3 fully saturated rings. The van der Waals surface area contributed by atoms with Crippen LogP contribution in [0, 0.1) is 0 Å². The van der Waals surface area contributed by atoms with E-state index in [0.29, 0.717) is 17.1 Å². The third-order valence-electron chi connectivity index (χ3n) is 4.36. The zero-order valence-electron chi connectivity index (χ0n) is 13.7. The molecule has 3 heterocycles. The predicted octanol–water partition coefficient (Wildman–Crippen LogP) is 1.21. The number of nitrogens with zero attached hydrogens (tertiary/aromatic N) is 3. The minimum absolute atomic E-state index is 0.00546. The number of carbonyl (C=O) groups is 2. The number of hydrogen-bond acceptors (Lipinski definition) is 6. The average molecular weight is 403 g/mol. The molecule has 5 rings (SSSR count). The summed E-state index contributed by atoms with van der Waals surface area (Å²) in [7, 11) is 0. The molecule has 4 aliphatic rings. The number of anilines is 1. The van der Waals surface area contributed by atoms with Crippen LogP contribution in [0.1, 0.15) is 0 Å². The lowest BCUT2D eigenvalue weighted by Gasteiger charge is -2.21. The topological polar surface area (TPSA) is 69.2 Å². The Hall–Kier alpha value is -2.28. The zero-order valence-corrected chi connectivity index (χ0v) is 15.3. The summed E-state index contributed by atoms with van der Waals surface area (Å²) in [6.45, 7) is 5.41. The lowest BCUT2D eigenvalue weighted by atomic mass is 10.0. The van der Waals surface area contributed by atoms with Crippen LogP contribution >= 0.6 is 15.9 Å². The number of halogens is 1. The van der Waals surface area contributed by atoms with Gasteiger partial charge < -0.3 is 20.4 Å². The van der Waals surface area contributed by atoms with E-state index in [1.54, 1.807) is 0 Å². The number of allylic oxidation sites excluding steroid dienone is 1. The molecule has 1 aromatic rings. The predicted molar refractivity (Wildman–Crippen MR) is 98.4 cm³/mol. The first-order chi connectivity index (χ1) is 12.0. The molecule has 0 unspecified atom stereocenters. The molecule has 1 aromatic carbocycles. The normalized spacial score (nSPS) is 21.0. The Kier molecular flexibility index (Phi) is 4.03. The van der Waals surface area contributed by atoms with E-state index in [1.165, 1.54) is 6.08 Å². The Morgan fingerprint density at radius 2 is 1.32 bits per heavy atom. The summed E-state index contributed by atoms with van der Waals surface area (Å²) < 4.78 is 1.06. The highest BCUT2D eigenvalue weighted by molar-refractivity contribution is 9.10. The maximum absolute atomic E-state index is 12.4. The third-order valence-corrected chi connectivity index (χ3v) is 4.89. The number of benzene rings is 1. The van der Waals surface area contributed by atoms with E-state index in [9.17, 15) is 9.59 Å². The molecule has 3 saturated heterocycles. The molecule has 0 saturated carbocycles. The number of nitrogen functional groups attached to an aromatic ring is 1. The first kappa shape index (κ1) is 16.2. The van der Waals surface area contributed by atoms with Crippen molar-refractivity contribution in [1.82, 2.24) is 14.7 Å². The van der Waals surface area contributed by atoms with Gasteiger partial charge in [-0.15, -0.1) is 0 Å². The third kappa shape index (κ3) is 3.56. The minimum atomic E-state index is 0.00546. The van der Waals surface area contributed by atoms with Crippen LogP contribution in [-0.2, 0) is 9.59 Å². The van der Waals surface area contributed by atoms with Crippen LogP contribution in [0.3, 0.4) is 0 Å². The van der Waals surface area contributed by atoms with Crippen LogP contribution in [0.2, 0.25) is 0 Å². The second-order valence-corrected chi connectivity index (χ2v) is 7.35. The summed E-state index contributed by atoms with van der Waals surface area (Å²) in [5.74, 6) is 0.0485. The zero-order chi connectivity index (χ0) is 17.6. The molecule has 0 atom stereocenters. The van der Waals surface area contributed by atoms with Gasteiger partial charge in [0, 0.05) is 55.5 Å². The monoisotopic (exact) mass is 402 g/mol. The number of Topliss-reactive ketones (excluding diaryl/α,β-unsaturated/α-hetero) is 1. The minimum Gasteiger partial charge on any atom is -0.399 e. The molecule has 25 heavy (non-hydrogen) atoms. The van der Waals surface area contributed by atoms with Crippen LogP contribution in [-0.4, -0.2) is 65.5 Å². The average Bonchev–Trinajstić information content (AvgIpc) is 3.45. The fourth-order valence-corrected chi connectivity index (χ4v) is 3.00. The Morgan fingerprint density at radius 3 is 1.80 bits per heavy atom. The maximum Gasteiger partial charge on any atom is 0.227 e. The van der Waals surface area contributed by atoms with Crippen molar-refractivity contribution in [2.24, 2.45) is 0 Å². The number of nitrogens with two attached hydrogens (primary N) is 1. The van der Waals surface area contributed by atoms with Crippen molar-refractivity contribution in [3.05, 3.63) is 51.9 Å². The van der Waals surface area contributed by atoms with Crippen LogP contribution < -0.4 is 5.73 Å². The second-order valence-electron chi connectivity index (χ2n) is 6.43. The smallest absolute Gasteiger partial charge is 0.227 e. The van der Waals surface area contributed by atoms with Crippen LogP contribution in [0.5, 0.6) is 0 Å². The Bertz CT molecular complexity index is 767. The highest BCUT2D eigenvalue weighted by atomic mass is 79.9. The van der Waals surface area contributed by atoms with Gasteiger partial charge in [0.25, 0.3) is 0 Å². The standard InChI is InChI=1S/C12H13N3O2.C6H6BrN/c16-9-7-8(13-1-2-13)12(17)11(15-5-6-15)10(9)14-3-4-14;7-5-1-3-6(8)4-2-5/h7H,1-6H2;1-4H,8H2. The second kappa shape index (κ2) is 6.22. The highest BCUT2D eigenvalue weighted by Crippen LogP contribution is 2.33. The molecule has 1 aliphatic carbocycles. The van der Waals surface area contributed by atoms with Crippen molar-refractivity contribution >= 4 is 33.2 Å². The van der Waals surface area contributed by atoms with Crippen molar-refractivity contribution in [2.45, 2.75) is 0 Å². The van der Waals surface area contributed by atoms with Gasteiger partial charge in [-0.3, -0.25) is 9.59 Å². The number of rotatable bonds is 3. The summed E-state index contributed by atoms with van der Waals surface area (Å²) in [5, 5.41) is 0. The fraction of sp³-hybridized carbons (Fsp3) is 0.333. The highest BCUT2D eigenvalue weighted by Gasteiger charge is 2.43. The van der Waals surface area contributed by atoms with Gasteiger partial charge in [-0.1, -0.05) is 15.9 Å². The summed E-state index contributed by atoms with van der Waals surface area (Å²) in [6.07, 6.45) is 1.52. The van der Waals surface area contributed by atoms with E-state index in [0.717, 1.165) is 49.4 Å². The van der Waals surface area contributed by atoms with Crippen LogP contribution in [0.15, 0.2) is 51.9 Å². The summed E-state index contributed by atoms with van der Waals surface area (Å²) >= 11 is 3.29. The van der Waals surface area contributed by atoms with E-state index in [1.807, 2.05) is 39.0 Å². The summed E-state index contributed by atoms with van der Waals surface area (Å²) in [5.41, 5.74) is 8.09. The van der Waals surface area contributed by atoms with Crippen molar-refractivity contribution in [1.29, 1.82) is 0 Å². The molecular formula is C18H19BrN4O2. The van der Waals surface area contributed by atoms with E-state index >= 15 is 0 Å². The first-order valence-corrected chi connectivity index (χ1v) is 9.15. The summed E-state index contributed by atoms with van der Waals surface area (Å²) in [6, 6.07) is 7.53. The van der Waals surface area contributed by atoms with E-state index < -0.39 is 0 Å². The van der Waals surface area contributed by atoms with Gasteiger partial charge in [0.15, 0.2) is 0 Å². The van der Waals surface area contributed by atoms with Crippen LogP contribution in [0.25, 0.3) is 0 Å². The molecule has 0 radical (unpaired) electrons. The molecule has 0 aromatic heterocycles. The largest absolute Gasteiger partial charge is 0.399 e. The molecule has 7 heteroatoms. The van der Waals surface area contributed by atoms with Crippen molar-refractivity contribution < 1.29 is 9.59 Å². The van der Waals surface area contributed by atoms with E-state index in [4.69, 9.17) is 5.73 Å².